The number of hydrogen-bond acceptors (Lipinski definition) is 6. The number of piperidine rings is 1. The lowest BCUT2D eigenvalue weighted by molar-refractivity contribution is 0.0770. The van der Waals surface area contributed by atoms with Crippen molar-refractivity contribution in [1.29, 1.82) is 0 Å². The first-order chi connectivity index (χ1) is 18.1. The van der Waals surface area contributed by atoms with E-state index < -0.39 is 0 Å². The second kappa shape index (κ2) is 9.89. The van der Waals surface area contributed by atoms with Crippen molar-refractivity contribution in [3.8, 4) is 34.5 Å². The van der Waals surface area contributed by atoms with Crippen LogP contribution in [0.4, 0.5) is 5.82 Å². The summed E-state index contributed by atoms with van der Waals surface area (Å²) >= 11 is 0. The molecule has 0 amide bonds. The third kappa shape index (κ3) is 4.66. The molecule has 2 aromatic heterocycles. The lowest BCUT2D eigenvalue weighted by Crippen LogP contribution is -2.50. The number of ether oxygens (including phenoxy) is 1. The van der Waals surface area contributed by atoms with Crippen LogP contribution in [0.1, 0.15) is 31.4 Å². The van der Waals surface area contributed by atoms with Crippen LogP contribution < -0.4 is 16.2 Å². The molecule has 0 unspecified atom stereocenters. The highest BCUT2D eigenvalue weighted by Crippen LogP contribution is 2.38. The molecule has 3 heterocycles. The molecular formula is C30H32N6O. The van der Waals surface area contributed by atoms with Gasteiger partial charge in [-0.2, -0.15) is 0 Å². The number of fused-ring (bicyclic) bond motifs is 1. The number of aryl methyl sites for hydroxylation is 1. The average Bonchev–Trinajstić information content (AvgIpc) is 3.18. The minimum absolute atomic E-state index is 0.367. The quantitative estimate of drug-likeness (QED) is 0.406. The molecular weight excluding hydrogens is 460 g/mol. The van der Waals surface area contributed by atoms with Crippen molar-refractivity contribution in [2.24, 2.45) is 18.7 Å². The molecule has 1 saturated carbocycles. The van der Waals surface area contributed by atoms with Gasteiger partial charge >= 0.3 is 0 Å². The summed E-state index contributed by atoms with van der Waals surface area (Å²) < 4.78 is 8.02. The second-order valence-electron chi connectivity index (χ2n) is 10.1. The van der Waals surface area contributed by atoms with Gasteiger partial charge in [-0.15, -0.1) is 0 Å². The number of nitrogen functional groups attached to an aromatic ring is 1. The maximum atomic E-state index is 6.36. The number of nitrogens with zero attached hydrogens (tertiary/aromatic N) is 4. The number of nitrogens with two attached hydrogens (primary N) is 2. The SMILES string of the molecule is Cn1c(C#CC2CC(N3CCC(N)CC3)C2)c(-c2ccc(Oc3ccccc3)cc2)c2c(N)ncnc21. The van der Waals surface area contributed by atoms with E-state index in [4.69, 9.17) is 16.2 Å². The number of rotatable bonds is 4. The zero-order valence-corrected chi connectivity index (χ0v) is 21.1. The van der Waals surface area contributed by atoms with Crippen molar-refractivity contribution in [2.75, 3.05) is 18.8 Å². The summed E-state index contributed by atoms with van der Waals surface area (Å²) in [4.78, 5) is 11.4. The van der Waals surface area contributed by atoms with E-state index in [9.17, 15) is 0 Å². The molecule has 1 saturated heterocycles. The summed E-state index contributed by atoms with van der Waals surface area (Å²) in [7, 11) is 2.00. The van der Waals surface area contributed by atoms with Crippen LogP contribution in [0.25, 0.3) is 22.2 Å². The fourth-order valence-electron chi connectivity index (χ4n) is 5.48. The summed E-state index contributed by atoms with van der Waals surface area (Å²) in [6.45, 7) is 2.22. The van der Waals surface area contributed by atoms with Gasteiger partial charge in [-0.3, -0.25) is 0 Å². The number of benzene rings is 2. The van der Waals surface area contributed by atoms with Crippen molar-refractivity contribution in [3.63, 3.8) is 0 Å². The molecule has 6 rings (SSSR count). The van der Waals surface area contributed by atoms with Crippen LogP contribution in [0.5, 0.6) is 11.5 Å². The molecule has 0 spiro atoms. The predicted molar refractivity (Wildman–Crippen MR) is 147 cm³/mol. The van der Waals surface area contributed by atoms with Gasteiger partial charge in [0.15, 0.2) is 0 Å². The van der Waals surface area contributed by atoms with Gasteiger partial charge in [-0.05, 0) is 74.5 Å². The molecule has 2 aliphatic rings. The summed E-state index contributed by atoms with van der Waals surface area (Å²) in [5.74, 6) is 9.49. The Bertz CT molecular complexity index is 1450. The molecule has 188 valence electrons. The highest BCUT2D eigenvalue weighted by atomic mass is 16.5. The first kappa shape index (κ1) is 23.5. The maximum absolute atomic E-state index is 6.36. The van der Waals surface area contributed by atoms with Crippen LogP contribution >= 0.6 is 0 Å². The Hall–Kier alpha value is -3.86. The standard InChI is InChI=1S/C30H32N6O/c1-35-26(12-7-20-17-23(18-20)36-15-13-22(31)14-16-36)27(28-29(32)33-19-34-30(28)35)21-8-10-25(11-9-21)37-24-5-3-2-4-6-24/h2-6,8-11,19-20,22-23H,13-18,31H2,1H3,(H2,32,33,34). The van der Waals surface area contributed by atoms with Gasteiger partial charge in [0.2, 0.25) is 0 Å². The predicted octanol–water partition coefficient (Wildman–Crippen LogP) is 4.56. The third-order valence-electron chi connectivity index (χ3n) is 7.72. The van der Waals surface area contributed by atoms with Crippen molar-refractivity contribution in [1.82, 2.24) is 19.4 Å². The van der Waals surface area contributed by atoms with Crippen LogP contribution in [0.2, 0.25) is 0 Å². The maximum Gasteiger partial charge on any atom is 0.146 e. The molecule has 0 bridgehead atoms. The van der Waals surface area contributed by atoms with Crippen LogP contribution in [-0.4, -0.2) is 44.6 Å². The van der Waals surface area contributed by atoms with Crippen LogP contribution in [0, 0.1) is 17.8 Å². The van der Waals surface area contributed by atoms with Gasteiger partial charge in [0.1, 0.15) is 35.0 Å². The van der Waals surface area contributed by atoms with Crippen molar-refractivity contribution in [2.45, 2.75) is 37.8 Å². The highest BCUT2D eigenvalue weighted by Gasteiger charge is 2.34. The van der Waals surface area contributed by atoms with Gasteiger partial charge in [0, 0.05) is 30.6 Å². The number of anilines is 1. The normalized spacial score (nSPS) is 20.3. The zero-order chi connectivity index (χ0) is 25.4. The summed E-state index contributed by atoms with van der Waals surface area (Å²) in [6.07, 6.45) is 5.95. The largest absolute Gasteiger partial charge is 0.457 e. The van der Waals surface area contributed by atoms with Gasteiger partial charge in [-0.25, -0.2) is 9.97 Å². The van der Waals surface area contributed by atoms with E-state index in [0.717, 1.165) is 78.1 Å². The number of para-hydroxylation sites is 1. The van der Waals surface area contributed by atoms with E-state index in [2.05, 4.69) is 26.7 Å². The Morgan fingerprint density at radius 1 is 0.946 bits per heavy atom. The molecule has 1 aliphatic carbocycles. The average molecular weight is 493 g/mol. The first-order valence-electron chi connectivity index (χ1n) is 13.0. The van der Waals surface area contributed by atoms with Gasteiger partial charge in [0.25, 0.3) is 0 Å². The van der Waals surface area contributed by atoms with Crippen molar-refractivity contribution >= 4 is 16.9 Å². The number of aromatic nitrogens is 3. The Balaban J connectivity index is 1.28. The highest BCUT2D eigenvalue weighted by molar-refractivity contribution is 6.03. The number of likely N-dealkylation sites (tertiary alicyclic amines) is 1. The van der Waals surface area contributed by atoms with Gasteiger partial charge in [0.05, 0.1) is 5.39 Å². The van der Waals surface area contributed by atoms with Gasteiger partial charge in [-0.1, -0.05) is 36.3 Å². The summed E-state index contributed by atoms with van der Waals surface area (Å²) in [6, 6.07) is 18.8. The molecule has 2 aromatic carbocycles. The molecule has 37 heavy (non-hydrogen) atoms. The van der Waals surface area contributed by atoms with E-state index in [1.165, 1.54) is 6.33 Å². The molecule has 7 nitrogen and oxygen atoms in total. The Morgan fingerprint density at radius 3 is 2.38 bits per heavy atom. The smallest absolute Gasteiger partial charge is 0.146 e. The van der Waals surface area contributed by atoms with Gasteiger partial charge < -0.3 is 25.7 Å². The minimum Gasteiger partial charge on any atom is -0.457 e. The topological polar surface area (TPSA) is 95.2 Å². The van der Waals surface area contributed by atoms with Crippen LogP contribution in [-0.2, 0) is 7.05 Å². The Kier molecular flexibility index (Phi) is 6.29. The third-order valence-corrected chi connectivity index (χ3v) is 7.72. The number of hydrogen-bond donors (Lipinski definition) is 2. The monoisotopic (exact) mass is 492 g/mol. The van der Waals surface area contributed by atoms with E-state index in [0.29, 0.717) is 23.8 Å². The second-order valence-corrected chi connectivity index (χ2v) is 10.1. The summed E-state index contributed by atoms with van der Waals surface area (Å²) in [5, 5.41) is 0.835. The van der Waals surface area contributed by atoms with E-state index in [1.54, 1.807) is 0 Å². The van der Waals surface area contributed by atoms with Crippen molar-refractivity contribution < 1.29 is 4.74 Å². The molecule has 7 heteroatoms. The molecule has 0 atom stereocenters. The van der Waals surface area contributed by atoms with Crippen LogP contribution in [0.3, 0.4) is 0 Å². The molecule has 0 radical (unpaired) electrons. The van der Waals surface area contributed by atoms with Crippen LogP contribution in [0.15, 0.2) is 60.9 Å². The lowest BCUT2D eigenvalue weighted by Gasteiger charge is -2.43. The minimum atomic E-state index is 0.367. The van der Waals surface area contributed by atoms with E-state index in [-0.39, 0.29) is 0 Å². The van der Waals surface area contributed by atoms with Crippen molar-refractivity contribution in [3.05, 3.63) is 66.6 Å². The molecule has 4 N–H and O–H groups in total. The fourth-order valence-corrected chi connectivity index (χ4v) is 5.48. The molecule has 2 fully saturated rings. The Morgan fingerprint density at radius 2 is 1.65 bits per heavy atom. The lowest BCUT2D eigenvalue weighted by atomic mass is 9.79. The fraction of sp³-hybridized carbons (Fsp3) is 0.333. The zero-order valence-electron chi connectivity index (χ0n) is 21.1. The molecule has 1 aliphatic heterocycles. The van der Waals surface area contributed by atoms with E-state index >= 15 is 0 Å². The first-order valence-corrected chi connectivity index (χ1v) is 13.0. The van der Waals surface area contributed by atoms with E-state index in [1.807, 2.05) is 66.2 Å². The molecule has 4 aromatic rings. The Labute approximate surface area is 217 Å². The summed E-state index contributed by atoms with van der Waals surface area (Å²) in [5.41, 5.74) is 16.1.